The molecule has 6 rings (SSSR count). The average Bonchev–Trinajstić information content (AvgIpc) is 3.23. The molecule has 8 nitrogen and oxygen atoms in total. The van der Waals surface area contributed by atoms with Gasteiger partial charge in [0.05, 0.1) is 0 Å². The molecule has 0 spiro atoms. The van der Waals surface area contributed by atoms with E-state index < -0.39 is 11.1 Å². The summed E-state index contributed by atoms with van der Waals surface area (Å²) in [6.45, 7) is 8.94. The number of benzene rings is 6. The van der Waals surface area contributed by atoms with Crippen LogP contribution in [0.15, 0.2) is 156 Å². The van der Waals surface area contributed by atoms with Gasteiger partial charge in [-0.05, 0) is 74.9 Å². The van der Waals surface area contributed by atoms with Gasteiger partial charge in [-0.3, -0.25) is 28.8 Å². The molecule has 0 fully saturated rings. The number of nitrogens with zero attached hydrogens (tertiary/aromatic N) is 2. The molecule has 58 heavy (non-hydrogen) atoms. The zero-order valence-corrected chi connectivity index (χ0v) is 33.2. The second-order valence-corrected chi connectivity index (χ2v) is 14.4. The lowest BCUT2D eigenvalue weighted by atomic mass is 9.75. The first-order chi connectivity index (χ1) is 27.7. The van der Waals surface area contributed by atoms with Crippen molar-refractivity contribution in [1.29, 1.82) is 0 Å². The zero-order chi connectivity index (χ0) is 41.8. The monoisotopic (exact) mass is 766 g/mol. The minimum atomic E-state index is -1.46. The third-order valence-corrected chi connectivity index (χ3v) is 10.6. The van der Waals surface area contributed by atoms with Gasteiger partial charge < -0.3 is 0 Å². The van der Waals surface area contributed by atoms with Crippen molar-refractivity contribution in [2.45, 2.75) is 52.6 Å². The molecule has 0 aliphatic heterocycles. The average molecular weight is 767 g/mol. The molecule has 0 heterocycles. The van der Waals surface area contributed by atoms with E-state index in [1.165, 1.54) is 41.5 Å². The molecule has 0 bridgehead atoms. The Labute approximate surface area is 337 Å². The smallest absolute Gasteiger partial charge is 0.159 e. The van der Waals surface area contributed by atoms with Gasteiger partial charge in [0.2, 0.25) is 0 Å². The van der Waals surface area contributed by atoms with Crippen molar-refractivity contribution in [3.8, 4) is 0 Å². The maximum absolute atomic E-state index is 12.5. The van der Waals surface area contributed by atoms with Gasteiger partial charge in [0, 0.05) is 33.4 Å². The SMILES string of the molecule is CC(=O)c1ccc(C(N=NC(c2ccc(C(C)=O)cc2)(c2ccc(C(C)=O)cc2)c2ccc(C(C)=O)cc2)(c2ccc(C(C)=O)cc2)c2ccc(C(C)=O)cc2)cc1. The Balaban J connectivity index is 1.78. The second kappa shape index (κ2) is 16.6. The van der Waals surface area contributed by atoms with E-state index in [0.29, 0.717) is 66.8 Å². The summed E-state index contributed by atoms with van der Waals surface area (Å²) in [5, 5.41) is 10.9. The molecule has 0 aliphatic rings. The Hall–Kier alpha value is -7.06. The van der Waals surface area contributed by atoms with E-state index in [1.54, 1.807) is 72.8 Å². The van der Waals surface area contributed by atoms with Gasteiger partial charge in [0.25, 0.3) is 0 Å². The maximum Gasteiger partial charge on any atom is 0.159 e. The van der Waals surface area contributed by atoms with Crippen LogP contribution in [-0.4, -0.2) is 34.7 Å². The lowest BCUT2D eigenvalue weighted by molar-refractivity contribution is 0.100. The molecule has 6 aromatic carbocycles. The fourth-order valence-electron chi connectivity index (χ4n) is 7.17. The molecule has 0 unspecified atom stereocenters. The van der Waals surface area contributed by atoms with E-state index in [0.717, 1.165) is 0 Å². The van der Waals surface area contributed by atoms with Gasteiger partial charge in [-0.2, -0.15) is 10.2 Å². The van der Waals surface area contributed by atoms with Gasteiger partial charge in [-0.25, -0.2) is 0 Å². The van der Waals surface area contributed by atoms with Crippen LogP contribution in [0.1, 0.15) is 137 Å². The molecule has 0 saturated heterocycles. The van der Waals surface area contributed by atoms with Crippen LogP contribution >= 0.6 is 0 Å². The Bertz CT molecular complexity index is 2110. The van der Waals surface area contributed by atoms with E-state index in [2.05, 4.69) is 0 Å². The number of carbonyl (C=O) groups excluding carboxylic acids is 6. The van der Waals surface area contributed by atoms with Crippen molar-refractivity contribution >= 4 is 34.7 Å². The molecule has 0 aromatic heterocycles. The Morgan fingerprint density at radius 1 is 0.259 bits per heavy atom. The summed E-state index contributed by atoms with van der Waals surface area (Å²) in [5.74, 6) is -0.714. The van der Waals surface area contributed by atoms with Gasteiger partial charge >= 0.3 is 0 Å². The van der Waals surface area contributed by atoms with Crippen molar-refractivity contribution in [1.82, 2.24) is 0 Å². The van der Waals surface area contributed by atoms with Crippen LogP contribution in [0, 0.1) is 0 Å². The number of azo groups is 1. The molecule has 0 saturated carbocycles. The van der Waals surface area contributed by atoms with Gasteiger partial charge in [-0.15, -0.1) is 0 Å². The number of hydrogen-bond donors (Lipinski definition) is 0. The largest absolute Gasteiger partial charge is 0.295 e. The predicted octanol–water partition coefficient (Wildman–Crippen LogP) is 10.6. The summed E-state index contributed by atoms with van der Waals surface area (Å²) in [7, 11) is 0. The highest BCUT2D eigenvalue weighted by molar-refractivity contribution is 5.96. The fourth-order valence-corrected chi connectivity index (χ4v) is 7.17. The van der Waals surface area contributed by atoms with Crippen LogP contribution in [0.5, 0.6) is 0 Å². The summed E-state index contributed by atoms with van der Waals surface area (Å²) in [6, 6.07) is 42.6. The summed E-state index contributed by atoms with van der Waals surface area (Å²) in [4.78, 5) is 75.0. The molecule has 0 radical (unpaired) electrons. The van der Waals surface area contributed by atoms with Crippen molar-refractivity contribution in [3.63, 3.8) is 0 Å². The highest BCUT2D eigenvalue weighted by Gasteiger charge is 2.42. The second-order valence-electron chi connectivity index (χ2n) is 14.4. The van der Waals surface area contributed by atoms with Gasteiger partial charge in [-0.1, -0.05) is 146 Å². The van der Waals surface area contributed by atoms with Crippen molar-refractivity contribution < 1.29 is 28.8 Å². The maximum atomic E-state index is 12.5. The number of carbonyl (C=O) groups is 6. The van der Waals surface area contributed by atoms with E-state index >= 15 is 0 Å². The van der Waals surface area contributed by atoms with E-state index in [4.69, 9.17) is 10.2 Å². The topological polar surface area (TPSA) is 127 Å². The predicted molar refractivity (Wildman–Crippen MR) is 223 cm³/mol. The van der Waals surface area contributed by atoms with Gasteiger partial charge in [0.1, 0.15) is 0 Å². The molecule has 0 amide bonds. The minimum absolute atomic E-state index is 0.119. The molecule has 8 heteroatoms. The lowest BCUT2D eigenvalue weighted by Gasteiger charge is -2.35. The summed E-state index contributed by atoms with van der Waals surface area (Å²) in [5.41, 5.74) is 3.82. The Morgan fingerprint density at radius 3 is 0.483 bits per heavy atom. The molecule has 0 atom stereocenters. The molecule has 6 aromatic rings. The van der Waals surface area contributed by atoms with Gasteiger partial charge in [0.15, 0.2) is 45.8 Å². The van der Waals surface area contributed by atoms with Crippen LogP contribution in [0.25, 0.3) is 0 Å². The van der Waals surface area contributed by atoms with E-state index in [9.17, 15) is 28.8 Å². The van der Waals surface area contributed by atoms with Crippen LogP contribution in [0.3, 0.4) is 0 Å². The highest BCUT2D eigenvalue weighted by atomic mass is 16.1. The molecular formula is C50H42N2O6. The standard InChI is InChI=1S/C50H42N2O6/c1-31(53)37-7-19-43(20-8-37)49(44-21-9-38(10-22-44)32(2)54,45-23-11-39(12-24-45)33(3)55)51-52-50(46-25-13-40(14-26-46)34(4)56,47-27-15-41(16-28-47)35(5)57)48-29-17-42(18-30-48)36(6)58/h7-30H,1-6H3. The highest BCUT2D eigenvalue weighted by Crippen LogP contribution is 2.47. The number of hydrogen-bond acceptors (Lipinski definition) is 8. The Kier molecular flexibility index (Phi) is 11.6. The van der Waals surface area contributed by atoms with E-state index in [1.807, 2.05) is 72.8 Å². The lowest BCUT2D eigenvalue weighted by Crippen LogP contribution is -2.31. The van der Waals surface area contributed by atoms with Crippen LogP contribution in [0.2, 0.25) is 0 Å². The van der Waals surface area contributed by atoms with Crippen molar-refractivity contribution in [2.75, 3.05) is 0 Å². The zero-order valence-electron chi connectivity index (χ0n) is 33.2. The molecular weight excluding hydrogens is 725 g/mol. The fraction of sp³-hybridized carbons (Fsp3) is 0.160. The molecule has 0 aliphatic carbocycles. The summed E-state index contributed by atoms with van der Waals surface area (Å²) >= 11 is 0. The van der Waals surface area contributed by atoms with E-state index in [-0.39, 0.29) is 34.7 Å². The summed E-state index contributed by atoms with van der Waals surface area (Å²) in [6.07, 6.45) is 0. The van der Waals surface area contributed by atoms with Crippen LogP contribution in [0.4, 0.5) is 0 Å². The summed E-state index contributed by atoms with van der Waals surface area (Å²) < 4.78 is 0. The first kappa shape index (κ1) is 40.6. The number of Topliss-reactive ketones (excluding diaryl/α,β-unsaturated/α-hetero) is 6. The first-order valence-corrected chi connectivity index (χ1v) is 18.8. The minimum Gasteiger partial charge on any atom is -0.295 e. The Morgan fingerprint density at radius 2 is 0.379 bits per heavy atom. The normalized spacial score (nSPS) is 11.6. The molecule has 0 N–H and O–H groups in total. The van der Waals surface area contributed by atoms with Crippen molar-refractivity contribution in [3.05, 3.63) is 212 Å². The number of ketones is 6. The number of rotatable bonds is 14. The van der Waals surface area contributed by atoms with Crippen LogP contribution < -0.4 is 0 Å². The first-order valence-electron chi connectivity index (χ1n) is 18.8. The molecule has 288 valence electrons. The quantitative estimate of drug-likeness (QED) is 0.0617. The third kappa shape index (κ3) is 7.82. The third-order valence-electron chi connectivity index (χ3n) is 10.6. The van der Waals surface area contributed by atoms with Crippen molar-refractivity contribution in [2.24, 2.45) is 10.2 Å². The van der Waals surface area contributed by atoms with Crippen LogP contribution in [-0.2, 0) is 11.1 Å².